The Morgan fingerprint density at radius 2 is 2.04 bits per heavy atom. The molecule has 1 aliphatic rings. The van der Waals surface area contributed by atoms with Gasteiger partial charge in [-0.25, -0.2) is 15.0 Å². The van der Waals surface area contributed by atoms with Crippen LogP contribution in [0.4, 0.5) is 5.82 Å². The number of rotatable bonds is 6. The molecule has 2 aromatic rings. The number of hydrogen-bond donors (Lipinski definition) is 4. The topological polar surface area (TPSA) is 140 Å². The van der Waals surface area contributed by atoms with Crippen molar-refractivity contribution in [1.82, 2.24) is 19.5 Å². The summed E-state index contributed by atoms with van der Waals surface area (Å²) in [6.45, 7) is 1.75. The second-order valence-electron chi connectivity index (χ2n) is 6.60. The van der Waals surface area contributed by atoms with E-state index in [4.69, 9.17) is 10.5 Å². The molecule has 5 N–H and O–H groups in total. The molecule has 2 aromatic heterocycles. The van der Waals surface area contributed by atoms with E-state index in [2.05, 4.69) is 33.7 Å². The molecule has 4 atom stereocenters. The Balaban J connectivity index is 1.84. The van der Waals surface area contributed by atoms with Crippen LogP contribution in [-0.4, -0.2) is 59.8 Å². The second kappa shape index (κ2) is 8.63. The number of ether oxygens (including phenoxy) is 1. The third kappa shape index (κ3) is 4.04. The smallest absolute Gasteiger partial charge is 0.208 e. The average Bonchev–Trinajstić information content (AvgIpc) is 3.20. The zero-order chi connectivity index (χ0) is 19.4. The van der Waals surface area contributed by atoms with Crippen LogP contribution in [0.3, 0.4) is 0 Å². The normalized spacial score (nSPS) is 24.9. The third-order valence-corrected chi connectivity index (χ3v) is 4.60. The van der Waals surface area contributed by atoms with Gasteiger partial charge < -0.3 is 25.8 Å². The quantitative estimate of drug-likeness (QED) is 0.419. The molecule has 0 aliphatic carbocycles. The van der Waals surface area contributed by atoms with Crippen LogP contribution in [0.5, 0.6) is 0 Å². The van der Waals surface area contributed by atoms with Crippen molar-refractivity contribution in [2.75, 3.05) is 12.3 Å². The van der Waals surface area contributed by atoms with E-state index in [1.807, 2.05) is 0 Å². The average molecular weight is 375 g/mol. The molecule has 0 saturated carbocycles. The zero-order valence-electron chi connectivity index (χ0n) is 15.2. The predicted molar refractivity (Wildman–Crippen MR) is 98.4 cm³/mol. The number of fused-ring (bicyclic) bond motifs is 1. The molecule has 0 radical (unpaired) electrons. The first-order chi connectivity index (χ1) is 13.1. The van der Waals surface area contributed by atoms with Crippen LogP contribution in [0.25, 0.3) is 11.2 Å². The van der Waals surface area contributed by atoms with Gasteiger partial charge in [0.05, 0.1) is 12.9 Å². The number of aliphatic hydroxyl groups excluding tert-OH is 3. The number of unbranched alkanes of at least 4 members (excludes halogenated alkanes) is 4. The van der Waals surface area contributed by atoms with Crippen molar-refractivity contribution < 1.29 is 20.1 Å². The summed E-state index contributed by atoms with van der Waals surface area (Å²) >= 11 is 0. The summed E-state index contributed by atoms with van der Waals surface area (Å²) in [4.78, 5) is 12.7. The van der Waals surface area contributed by atoms with Gasteiger partial charge >= 0.3 is 0 Å². The van der Waals surface area contributed by atoms with Crippen LogP contribution >= 0.6 is 0 Å². The van der Waals surface area contributed by atoms with Crippen molar-refractivity contribution in [2.24, 2.45) is 0 Å². The monoisotopic (exact) mass is 375 g/mol. The van der Waals surface area contributed by atoms with Crippen molar-refractivity contribution in [2.45, 2.75) is 63.6 Å². The van der Waals surface area contributed by atoms with Gasteiger partial charge in [-0.2, -0.15) is 0 Å². The van der Waals surface area contributed by atoms with Crippen LogP contribution in [0.2, 0.25) is 0 Å². The molecule has 0 aromatic carbocycles. The molecule has 0 bridgehead atoms. The lowest BCUT2D eigenvalue weighted by atomic mass is 10.1. The standard InChI is InChI=1S/C18H25N5O4/c1-2-3-4-5-6-7-8-12-21-16(19)13-17(22-12)23(10-20-13)18-15(26)14(25)11(9-24)27-18/h10-11,14-15,18,24-26H,2-6,9H2,1H3,(H2,19,21,22)/t11-,14-,15+,18-/m1/s1. The van der Waals surface area contributed by atoms with Crippen molar-refractivity contribution in [3.8, 4) is 11.8 Å². The molecule has 146 valence electrons. The fraction of sp³-hybridized carbons (Fsp3) is 0.611. The Labute approximate surface area is 157 Å². The molecule has 1 saturated heterocycles. The maximum Gasteiger partial charge on any atom is 0.208 e. The first kappa shape index (κ1) is 19.5. The van der Waals surface area contributed by atoms with Crippen LogP contribution in [0.1, 0.15) is 51.1 Å². The summed E-state index contributed by atoms with van der Waals surface area (Å²) in [7, 11) is 0. The van der Waals surface area contributed by atoms with Crippen LogP contribution in [-0.2, 0) is 4.74 Å². The van der Waals surface area contributed by atoms with Gasteiger partial charge in [0.2, 0.25) is 5.82 Å². The highest BCUT2D eigenvalue weighted by atomic mass is 16.6. The molecule has 0 amide bonds. The number of aromatic nitrogens is 4. The van der Waals surface area contributed by atoms with E-state index in [0.717, 1.165) is 19.3 Å². The predicted octanol–water partition coefficient (Wildman–Crippen LogP) is 0.342. The maximum absolute atomic E-state index is 10.2. The third-order valence-electron chi connectivity index (χ3n) is 4.60. The molecular formula is C18H25N5O4. The highest BCUT2D eigenvalue weighted by molar-refractivity contribution is 5.82. The Hall–Kier alpha value is -2.25. The van der Waals surface area contributed by atoms with Crippen molar-refractivity contribution in [3.63, 3.8) is 0 Å². The second-order valence-corrected chi connectivity index (χ2v) is 6.60. The minimum absolute atomic E-state index is 0.181. The van der Waals surface area contributed by atoms with Gasteiger partial charge in [0.1, 0.15) is 23.8 Å². The summed E-state index contributed by atoms with van der Waals surface area (Å²) < 4.78 is 7.01. The first-order valence-electron chi connectivity index (χ1n) is 9.18. The Kier molecular flexibility index (Phi) is 6.23. The van der Waals surface area contributed by atoms with E-state index >= 15 is 0 Å². The van der Waals surface area contributed by atoms with E-state index in [1.165, 1.54) is 23.7 Å². The van der Waals surface area contributed by atoms with Gasteiger partial charge in [-0.1, -0.05) is 32.1 Å². The molecule has 1 aliphatic heterocycles. The lowest BCUT2D eigenvalue weighted by Crippen LogP contribution is -2.33. The van der Waals surface area contributed by atoms with Gasteiger partial charge in [-0.05, 0) is 12.3 Å². The van der Waals surface area contributed by atoms with Gasteiger partial charge in [-0.3, -0.25) is 4.57 Å². The molecular weight excluding hydrogens is 350 g/mol. The molecule has 0 spiro atoms. The van der Waals surface area contributed by atoms with Gasteiger partial charge in [0.25, 0.3) is 0 Å². The van der Waals surface area contributed by atoms with E-state index in [9.17, 15) is 15.3 Å². The molecule has 0 unspecified atom stereocenters. The lowest BCUT2D eigenvalue weighted by molar-refractivity contribution is -0.0511. The van der Waals surface area contributed by atoms with Crippen molar-refractivity contribution in [3.05, 3.63) is 12.2 Å². The highest BCUT2D eigenvalue weighted by Crippen LogP contribution is 2.31. The molecule has 27 heavy (non-hydrogen) atoms. The molecule has 9 heteroatoms. The van der Waals surface area contributed by atoms with Gasteiger partial charge in [0, 0.05) is 6.42 Å². The first-order valence-corrected chi connectivity index (χ1v) is 9.18. The number of imidazole rings is 1. The summed E-state index contributed by atoms with van der Waals surface area (Å²) in [6.07, 6.45) is 2.45. The minimum Gasteiger partial charge on any atom is -0.394 e. The fourth-order valence-electron chi connectivity index (χ4n) is 3.07. The number of anilines is 1. The number of aliphatic hydroxyl groups is 3. The zero-order valence-corrected chi connectivity index (χ0v) is 15.2. The highest BCUT2D eigenvalue weighted by Gasteiger charge is 2.44. The van der Waals surface area contributed by atoms with Gasteiger partial charge in [0.15, 0.2) is 17.7 Å². The fourth-order valence-corrected chi connectivity index (χ4v) is 3.07. The molecule has 1 fully saturated rings. The molecule has 9 nitrogen and oxygen atoms in total. The number of nitrogen functional groups attached to an aromatic ring is 1. The van der Waals surface area contributed by atoms with Crippen LogP contribution in [0.15, 0.2) is 6.33 Å². The Bertz CT molecular complexity index is 843. The number of nitrogens with zero attached hydrogens (tertiary/aromatic N) is 4. The number of nitrogens with two attached hydrogens (primary N) is 1. The number of hydrogen-bond acceptors (Lipinski definition) is 8. The summed E-state index contributed by atoms with van der Waals surface area (Å²) in [5.41, 5.74) is 6.68. The van der Waals surface area contributed by atoms with Crippen LogP contribution < -0.4 is 5.73 Å². The Morgan fingerprint density at radius 1 is 1.22 bits per heavy atom. The lowest BCUT2D eigenvalue weighted by Gasteiger charge is -2.16. The maximum atomic E-state index is 10.2. The van der Waals surface area contributed by atoms with Crippen molar-refractivity contribution in [1.29, 1.82) is 0 Å². The molecule has 3 heterocycles. The molecule has 3 rings (SSSR count). The van der Waals surface area contributed by atoms with E-state index in [-0.39, 0.29) is 11.6 Å². The minimum atomic E-state index is -1.23. The summed E-state index contributed by atoms with van der Waals surface area (Å²) in [6, 6.07) is 0. The SMILES string of the molecule is CCCCCCC#Cc1nc(N)c2ncn([C@@H]3O[C@H](CO)[C@@H](O)[C@@H]3O)c2n1. The summed E-state index contributed by atoms with van der Waals surface area (Å²) in [5.74, 6) is 6.42. The van der Waals surface area contributed by atoms with Gasteiger partial charge in [-0.15, -0.1) is 0 Å². The Morgan fingerprint density at radius 3 is 2.74 bits per heavy atom. The largest absolute Gasteiger partial charge is 0.394 e. The van der Waals surface area contributed by atoms with E-state index < -0.39 is 31.1 Å². The van der Waals surface area contributed by atoms with Crippen molar-refractivity contribution >= 4 is 17.0 Å². The van der Waals surface area contributed by atoms with E-state index in [1.54, 1.807) is 0 Å². The summed E-state index contributed by atoms with van der Waals surface area (Å²) in [5, 5.41) is 29.5. The van der Waals surface area contributed by atoms with E-state index in [0.29, 0.717) is 11.2 Å². The van der Waals surface area contributed by atoms with Crippen LogP contribution in [0, 0.1) is 11.8 Å².